The molecule has 1 aliphatic rings. The van der Waals surface area contributed by atoms with Crippen LogP contribution in [0.2, 0.25) is 0 Å². The number of halogens is 3. The second kappa shape index (κ2) is 7.36. The van der Waals surface area contributed by atoms with Gasteiger partial charge in [0, 0.05) is 24.3 Å². The monoisotopic (exact) mass is 392 g/mol. The fourth-order valence-electron chi connectivity index (χ4n) is 3.28. The van der Waals surface area contributed by atoms with E-state index < -0.39 is 12.3 Å². The lowest BCUT2D eigenvalue weighted by Crippen LogP contribution is -2.38. The summed E-state index contributed by atoms with van der Waals surface area (Å²) in [5.74, 6) is 0.590. The number of piperidine rings is 1. The lowest BCUT2D eigenvalue weighted by atomic mass is 10.1. The number of hydrogen-bond donors (Lipinski definition) is 3. The summed E-state index contributed by atoms with van der Waals surface area (Å²) in [5, 5.41) is 16.2. The highest BCUT2D eigenvalue weighted by molar-refractivity contribution is 5.61. The molecule has 4 heterocycles. The number of hydrogen-bond acceptors (Lipinski definition) is 6. The minimum absolute atomic E-state index is 0.244. The van der Waals surface area contributed by atoms with Crippen molar-refractivity contribution in [2.45, 2.75) is 31.2 Å². The largest absolute Gasteiger partial charge is 0.418 e. The number of alkyl halides is 3. The number of rotatable bonds is 4. The van der Waals surface area contributed by atoms with Gasteiger partial charge in [-0.25, -0.2) is 9.97 Å². The molecular formula is C18H19F3N6O. The molecule has 3 aromatic heterocycles. The van der Waals surface area contributed by atoms with Crippen molar-refractivity contribution >= 4 is 11.5 Å². The third-order valence-corrected chi connectivity index (χ3v) is 4.70. The number of aromatic nitrogens is 4. The molecule has 0 saturated carbocycles. The zero-order valence-electron chi connectivity index (χ0n) is 14.8. The highest BCUT2D eigenvalue weighted by Crippen LogP contribution is 2.33. The van der Waals surface area contributed by atoms with Crippen molar-refractivity contribution in [3.63, 3.8) is 0 Å². The summed E-state index contributed by atoms with van der Waals surface area (Å²) in [6.07, 6.45) is 0.671. The second-order valence-corrected chi connectivity index (χ2v) is 6.76. The van der Waals surface area contributed by atoms with E-state index >= 15 is 0 Å². The van der Waals surface area contributed by atoms with E-state index in [-0.39, 0.29) is 11.6 Å². The predicted molar refractivity (Wildman–Crippen MR) is 96.7 cm³/mol. The molecule has 3 aromatic rings. The maximum atomic E-state index is 12.8. The molecule has 1 aliphatic heterocycles. The lowest BCUT2D eigenvalue weighted by Gasteiger charge is -2.24. The Morgan fingerprint density at radius 3 is 2.86 bits per heavy atom. The van der Waals surface area contributed by atoms with E-state index in [2.05, 4.69) is 25.6 Å². The van der Waals surface area contributed by atoms with Gasteiger partial charge in [-0.3, -0.25) is 9.38 Å². The molecule has 10 heteroatoms. The van der Waals surface area contributed by atoms with Gasteiger partial charge in [-0.2, -0.15) is 13.2 Å². The Labute approximate surface area is 158 Å². The first-order chi connectivity index (χ1) is 13.4. The molecule has 0 aromatic carbocycles. The number of imidazole rings is 1. The number of nitrogens with one attached hydrogen (secondary N) is 2. The minimum Gasteiger partial charge on any atom is -0.379 e. The van der Waals surface area contributed by atoms with Crippen LogP contribution in [0, 0.1) is 0 Å². The molecular weight excluding hydrogens is 373 g/mol. The van der Waals surface area contributed by atoms with Crippen LogP contribution in [-0.2, 0) is 0 Å². The van der Waals surface area contributed by atoms with Crippen LogP contribution < -0.4 is 10.6 Å². The Bertz CT molecular complexity index is 967. The van der Waals surface area contributed by atoms with Crippen molar-refractivity contribution in [2.75, 3.05) is 18.4 Å². The SMILES string of the molecule is OC(c1ccc2ncc(-c3cncc(NC4CCCNC4)n3)n2c1)C(F)(F)F. The molecule has 1 saturated heterocycles. The van der Waals surface area contributed by atoms with Crippen molar-refractivity contribution in [1.29, 1.82) is 0 Å². The van der Waals surface area contributed by atoms with E-state index in [4.69, 9.17) is 0 Å². The summed E-state index contributed by atoms with van der Waals surface area (Å²) in [6, 6.07) is 2.88. The van der Waals surface area contributed by atoms with Gasteiger partial charge in [0.05, 0.1) is 24.3 Å². The van der Waals surface area contributed by atoms with Gasteiger partial charge in [-0.1, -0.05) is 6.07 Å². The number of aliphatic hydroxyl groups excluding tert-OH is 1. The highest BCUT2D eigenvalue weighted by Gasteiger charge is 2.39. The zero-order valence-corrected chi connectivity index (χ0v) is 14.8. The van der Waals surface area contributed by atoms with Crippen LogP contribution >= 0.6 is 0 Å². The van der Waals surface area contributed by atoms with Gasteiger partial charge in [0.25, 0.3) is 0 Å². The van der Waals surface area contributed by atoms with Crippen molar-refractivity contribution < 1.29 is 18.3 Å². The van der Waals surface area contributed by atoms with E-state index in [1.54, 1.807) is 6.20 Å². The highest BCUT2D eigenvalue weighted by atomic mass is 19.4. The predicted octanol–water partition coefficient (Wildman–Crippen LogP) is 2.55. The van der Waals surface area contributed by atoms with Crippen LogP contribution in [0.3, 0.4) is 0 Å². The first-order valence-corrected chi connectivity index (χ1v) is 8.93. The van der Waals surface area contributed by atoms with Crippen LogP contribution in [0.1, 0.15) is 24.5 Å². The molecule has 2 atom stereocenters. The Kier molecular flexibility index (Phi) is 4.90. The van der Waals surface area contributed by atoms with Gasteiger partial charge in [0.1, 0.15) is 17.2 Å². The first kappa shape index (κ1) is 18.6. The Hall–Kier alpha value is -2.72. The number of pyridine rings is 1. The molecule has 2 unspecified atom stereocenters. The Balaban J connectivity index is 1.66. The van der Waals surface area contributed by atoms with Crippen LogP contribution in [0.15, 0.2) is 36.9 Å². The van der Waals surface area contributed by atoms with E-state index in [9.17, 15) is 18.3 Å². The molecule has 7 nitrogen and oxygen atoms in total. The molecule has 0 radical (unpaired) electrons. The maximum Gasteiger partial charge on any atom is 0.418 e. The smallest absolute Gasteiger partial charge is 0.379 e. The molecule has 0 amide bonds. The van der Waals surface area contributed by atoms with Crippen molar-refractivity contribution in [2.24, 2.45) is 0 Å². The van der Waals surface area contributed by atoms with E-state index in [1.807, 2.05) is 0 Å². The van der Waals surface area contributed by atoms with Crippen molar-refractivity contribution in [3.05, 3.63) is 42.5 Å². The van der Waals surface area contributed by atoms with Gasteiger partial charge in [-0.05, 0) is 25.5 Å². The average molecular weight is 392 g/mol. The number of fused-ring (bicyclic) bond motifs is 1. The molecule has 0 bridgehead atoms. The molecule has 4 rings (SSSR count). The van der Waals surface area contributed by atoms with Gasteiger partial charge in [-0.15, -0.1) is 0 Å². The molecule has 148 valence electrons. The van der Waals surface area contributed by atoms with Crippen LogP contribution in [-0.4, -0.2) is 49.8 Å². The number of aliphatic hydroxyl groups is 1. The Morgan fingerprint density at radius 2 is 2.11 bits per heavy atom. The standard InChI is InChI=1S/C18H19F3N6O/c19-18(20,21)17(28)11-3-4-16-24-8-14(27(16)10-11)13-7-23-9-15(26-13)25-12-2-1-5-22-6-12/h3-4,7-10,12,17,22,28H,1-2,5-6H2,(H,25,26). The second-order valence-electron chi connectivity index (χ2n) is 6.76. The van der Waals surface area contributed by atoms with Crippen molar-refractivity contribution in [1.82, 2.24) is 24.7 Å². The summed E-state index contributed by atoms with van der Waals surface area (Å²) >= 11 is 0. The third-order valence-electron chi connectivity index (χ3n) is 4.70. The number of anilines is 1. The van der Waals surface area contributed by atoms with Gasteiger partial charge < -0.3 is 15.7 Å². The van der Waals surface area contributed by atoms with E-state index in [0.717, 1.165) is 25.9 Å². The lowest BCUT2D eigenvalue weighted by molar-refractivity contribution is -0.206. The first-order valence-electron chi connectivity index (χ1n) is 8.93. The molecule has 28 heavy (non-hydrogen) atoms. The molecule has 0 aliphatic carbocycles. The average Bonchev–Trinajstić information content (AvgIpc) is 3.11. The topological polar surface area (TPSA) is 87.4 Å². The number of nitrogens with zero attached hydrogens (tertiary/aromatic N) is 4. The van der Waals surface area contributed by atoms with Gasteiger partial charge in [0.15, 0.2) is 6.10 Å². The van der Waals surface area contributed by atoms with E-state index in [1.165, 1.54) is 35.1 Å². The normalized spacial score (nSPS) is 18.9. The Morgan fingerprint density at radius 1 is 1.25 bits per heavy atom. The molecule has 0 spiro atoms. The van der Waals surface area contributed by atoms with Gasteiger partial charge >= 0.3 is 6.18 Å². The van der Waals surface area contributed by atoms with Gasteiger partial charge in [0.2, 0.25) is 0 Å². The van der Waals surface area contributed by atoms with Crippen molar-refractivity contribution in [3.8, 4) is 11.4 Å². The molecule has 1 fully saturated rings. The van der Waals surface area contributed by atoms with Crippen LogP contribution in [0.25, 0.3) is 17.0 Å². The fraction of sp³-hybridized carbons (Fsp3) is 0.389. The molecule has 3 N–H and O–H groups in total. The summed E-state index contributed by atoms with van der Waals surface area (Å²) in [4.78, 5) is 12.9. The fourth-order valence-corrected chi connectivity index (χ4v) is 3.28. The van der Waals surface area contributed by atoms with E-state index in [0.29, 0.717) is 22.9 Å². The summed E-state index contributed by atoms with van der Waals surface area (Å²) in [7, 11) is 0. The summed E-state index contributed by atoms with van der Waals surface area (Å²) < 4.78 is 40.0. The summed E-state index contributed by atoms with van der Waals surface area (Å²) in [6.45, 7) is 1.83. The maximum absolute atomic E-state index is 12.8. The van der Waals surface area contributed by atoms with Crippen LogP contribution in [0.5, 0.6) is 0 Å². The third kappa shape index (κ3) is 3.78. The minimum atomic E-state index is -4.74. The summed E-state index contributed by atoms with van der Waals surface area (Å²) in [5.41, 5.74) is 1.14. The van der Waals surface area contributed by atoms with Crippen LogP contribution in [0.4, 0.5) is 19.0 Å². The zero-order chi connectivity index (χ0) is 19.7. The quantitative estimate of drug-likeness (QED) is 0.633.